The van der Waals surface area contributed by atoms with E-state index in [1.807, 2.05) is 52.8 Å². The number of anilines is 2. The molecule has 2 heterocycles. The van der Waals surface area contributed by atoms with Crippen molar-refractivity contribution in [2.45, 2.75) is 32.1 Å². The van der Waals surface area contributed by atoms with Gasteiger partial charge >= 0.3 is 5.56 Å². The predicted molar refractivity (Wildman–Crippen MR) is 147 cm³/mol. The number of nitrogens with two attached hydrogens (primary N) is 2. The SMILES string of the molecule is CC1(COc2c(N3CCN([S+]([O-])Cc4ccc(N)c(CN)c4)CC3)cnn(-c3ccccc3)c2=O)CC1. The third-order valence-corrected chi connectivity index (χ3v) is 8.69. The highest BCUT2D eigenvalue weighted by Crippen LogP contribution is 2.45. The number of hydrogen-bond acceptors (Lipinski definition) is 8. The molecule has 1 aliphatic heterocycles. The van der Waals surface area contributed by atoms with Gasteiger partial charge in [-0.1, -0.05) is 31.2 Å². The summed E-state index contributed by atoms with van der Waals surface area (Å²) in [7, 11) is 0. The van der Waals surface area contributed by atoms with Gasteiger partial charge in [-0.05, 0) is 42.7 Å². The Morgan fingerprint density at radius 2 is 1.84 bits per heavy atom. The summed E-state index contributed by atoms with van der Waals surface area (Å²) in [6, 6.07) is 15.0. The quantitative estimate of drug-likeness (QED) is 0.324. The van der Waals surface area contributed by atoms with Crippen molar-refractivity contribution in [3.05, 3.63) is 76.2 Å². The number of aromatic nitrogens is 2. The lowest BCUT2D eigenvalue weighted by molar-refractivity contribution is 0.242. The molecule has 1 aliphatic carbocycles. The van der Waals surface area contributed by atoms with Crippen LogP contribution in [0.4, 0.5) is 11.4 Å². The molecule has 10 heteroatoms. The second kappa shape index (κ2) is 10.7. The zero-order chi connectivity index (χ0) is 26.0. The number of nitrogen functional groups attached to an aromatic ring is 1. The fraction of sp³-hybridized carbons (Fsp3) is 0.407. The summed E-state index contributed by atoms with van der Waals surface area (Å²) in [5.41, 5.74) is 15.4. The minimum atomic E-state index is -1.18. The smallest absolute Gasteiger partial charge is 0.316 e. The molecule has 0 amide bonds. The molecule has 196 valence electrons. The van der Waals surface area contributed by atoms with E-state index in [1.54, 1.807) is 6.20 Å². The van der Waals surface area contributed by atoms with Crippen LogP contribution in [0.5, 0.6) is 5.75 Å². The topological polar surface area (TPSA) is 126 Å². The van der Waals surface area contributed by atoms with E-state index in [0.29, 0.717) is 67.9 Å². The summed E-state index contributed by atoms with van der Waals surface area (Å²) in [5.74, 6) is 0.743. The first-order valence-electron chi connectivity index (χ1n) is 12.6. The standard InChI is InChI=1S/C27H34N6O3S/c1-27(9-10-27)19-36-25-24(17-30-33(26(25)34)22-5-3-2-4-6-22)31-11-13-32(14-12-31)37(35)18-20-7-8-23(29)21(15-20)16-28/h2-8,15,17H,9-14,16,18-19,28-29H2,1H3. The molecule has 1 unspecified atom stereocenters. The molecular weight excluding hydrogens is 488 g/mol. The Kier molecular flexibility index (Phi) is 7.43. The van der Waals surface area contributed by atoms with Gasteiger partial charge in [0, 0.05) is 47.7 Å². The number of benzene rings is 2. The third kappa shape index (κ3) is 5.77. The highest BCUT2D eigenvalue weighted by Gasteiger charge is 2.39. The highest BCUT2D eigenvalue weighted by molar-refractivity contribution is 7.88. The summed E-state index contributed by atoms with van der Waals surface area (Å²) in [6.45, 7) is 5.47. The van der Waals surface area contributed by atoms with E-state index in [1.165, 1.54) is 4.68 Å². The number of nitrogens with zero attached hydrogens (tertiary/aromatic N) is 4. The molecule has 1 atom stereocenters. The van der Waals surface area contributed by atoms with E-state index in [0.717, 1.165) is 24.0 Å². The number of rotatable bonds is 9. The van der Waals surface area contributed by atoms with Crippen LogP contribution in [-0.4, -0.2) is 51.4 Å². The van der Waals surface area contributed by atoms with Crippen molar-refractivity contribution in [3.63, 3.8) is 0 Å². The molecule has 0 radical (unpaired) electrons. The number of ether oxygens (including phenoxy) is 1. The Bertz CT molecular complexity index is 1290. The van der Waals surface area contributed by atoms with Gasteiger partial charge in [0.25, 0.3) is 0 Å². The molecule has 0 bridgehead atoms. The van der Waals surface area contributed by atoms with E-state index in [4.69, 9.17) is 16.2 Å². The van der Waals surface area contributed by atoms with Gasteiger partial charge in [0.15, 0.2) is 5.75 Å². The molecule has 2 aromatic carbocycles. The zero-order valence-corrected chi connectivity index (χ0v) is 22.0. The maximum absolute atomic E-state index is 13.5. The maximum atomic E-state index is 13.5. The summed E-state index contributed by atoms with van der Waals surface area (Å²) in [4.78, 5) is 15.6. The molecular formula is C27H34N6O3S. The van der Waals surface area contributed by atoms with Crippen LogP contribution >= 0.6 is 0 Å². The fourth-order valence-electron chi connectivity index (χ4n) is 4.44. The van der Waals surface area contributed by atoms with E-state index in [2.05, 4.69) is 16.9 Å². The van der Waals surface area contributed by atoms with Crippen molar-refractivity contribution in [2.75, 3.05) is 43.4 Å². The molecule has 0 spiro atoms. The normalized spacial score (nSPS) is 18.0. The van der Waals surface area contributed by atoms with Crippen molar-refractivity contribution >= 4 is 22.7 Å². The molecule has 5 rings (SSSR count). The molecule has 4 N–H and O–H groups in total. The van der Waals surface area contributed by atoms with Crippen molar-refractivity contribution in [3.8, 4) is 11.4 Å². The summed E-state index contributed by atoms with van der Waals surface area (Å²) in [6.07, 6.45) is 3.92. The van der Waals surface area contributed by atoms with Crippen LogP contribution in [0.15, 0.2) is 59.5 Å². The molecule has 2 aliphatic rings. The van der Waals surface area contributed by atoms with Gasteiger partial charge in [-0.15, -0.1) is 4.31 Å². The first kappa shape index (κ1) is 25.6. The summed E-state index contributed by atoms with van der Waals surface area (Å²) in [5, 5.41) is 4.47. The Hall–Kier alpha value is -3.05. The fourth-order valence-corrected chi connectivity index (χ4v) is 5.66. The molecule has 37 heavy (non-hydrogen) atoms. The largest absolute Gasteiger partial charge is 0.598 e. The molecule has 1 saturated carbocycles. The van der Waals surface area contributed by atoms with Crippen LogP contribution in [0.3, 0.4) is 0 Å². The van der Waals surface area contributed by atoms with Gasteiger partial charge in [0.05, 0.1) is 31.6 Å². The van der Waals surface area contributed by atoms with Crippen molar-refractivity contribution < 1.29 is 9.29 Å². The second-order valence-corrected chi connectivity index (χ2v) is 11.6. The number of para-hydroxylation sites is 1. The summed E-state index contributed by atoms with van der Waals surface area (Å²) < 4.78 is 22.7. The van der Waals surface area contributed by atoms with Crippen LogP contribution < -0.4 is 26.7 Å². The molecule has 1 aromatic heterocycles. The Morgan fingerprint density at radius 1 is 1.11 bits per heavy atom. The van der Waals surface area contributed by atoms with E-state index in [-0.39, 0.29) is 11.0 Å². The number of hydrogen-bond donors (Lipinski definition) is 2. The lowest BCUT2D eigenvalue weighted by atomic mass is 10.1. The van der Waals surface area contributed by atoms with Crippen molar-refractivity contribution in [2.24, 2.45) is 11.1 Å². The van der Waals surface area contributed by atoms with Gasteiger partial charge in [0.2, 0.25) is 5.75 Å². The van der Waals surface area contributed by atoms with Gasteiger partial charge in [-0.3, -0.25) is 4.79 Å². The van der Waals surface area contributed by atoms with Gasteiger partial charge < -0.3 is 25.7 Å². The maximum Gasteiger partial charge on any atom is 0.316 e. The monoisotopic (exact) mass is 522 g/mol. The third-order valence-electron chi connectivity index (χ3n) is 7.17. The predicted octanol–water partition coefficient (Wildman–Crippen LogP) is 2.44. The first-order chi connectivity index (χ1) is 17.9. The zero-order valence-electron chi connectivity index (χ0n) is 21.1. The minimum absolute atomic E-state index is 0.131. The highest BCUT2D eigenvalue weighted by atomic mass is 32.2. The van der Waals surface area contributed by atoms with Crippen LogP contribution in [0.2, 0.25) is 0 Å². The van der Waals surface area contributed by atoms with Crippen LogP contribution in [-0.2, 0) is 23.7 Å². The van der Waals surface area contributed by atoms with Crippen LogP contribution in [0, 0.1) is 5.41 Å². The summed E-state index contributed by atoms with van der Waals surface area (Å²) >= 11 is -1.18. The van der Waals surface area contributed by atoms with Gasteiger partial charge in [0.1, 0.15) is 5.69 Å². The minimum Gasteiger partial charge on any atom is -0.598 e. The lowest BCUT2D eigenvalue weighted by Crippen LogP contribution is -2.49. The first-order valence-corrected chi connectivity index (χ1v) is 13.9. The van der Waals surface area contributed by atoms with E-state index in [9.17, 15) is 9.35 Å². The van der Waals surface area contributed by atoms with Crippen LogP contribution in [0.25, 0.3) is 5.69 Å². The van der Waals surface area contributed by atoms with Crippen molar-refractivity contribution in [1.82, 2.24) is 14.1 Å². The Morgan fingerprint density at radius 3 is 2.51 bits per heavy atom. The lowest BCUT2D eigenvalue weighted by Gasteiger charge is -2.36. The molecule has 2 fully saturated rings. The van der Waals surface area contributed by atoms with Gasteiger partial charge in [-0.2, -0.15) is 9.78 Å². The Balaban J connectivity index is 1.30. The average Bonchev–Trinajstić information content (AvgIpc) is 3.66. The molecule has 9 nitrogen and oxygen atoms in total. The average molecular weight is 523 g/mol. The molecule has 3 aromatic rings. The van der Waals surface area contributed by atoms with Crippen molar-refractivity contribution in [1.29, 1.82) is 0 Å². The second-order valence-electron chi connectivity index (χ2n) is 10.1. The van der Waals surface area contributed by atoms with E-state index < -0.39 is 11.4 Å². The van der Waals surface area contributed by atoms with Gasteiger partial charge in [-0.25, -0.2) is 0 Å². The Labute approximate surface area is 220 Å². The van der Waals surface area contributed by atoms with E-state index >= 15 is 0 Å². The molecule has 1 saturated heterocycles. The number of piperazine rings is 1. The van der Waals surface area contributed by atoms with Crippen LogP contribution in [0.1, 0.15) is 30.9 Å².